The Bertz CT molecular complexity index is 1090. The number of hydrogen-bond acceptors (Lipinski definition) is 6. The Morgan fingerprint density at radius 2 is 2.04 bits per heavy atom. The standard InChI is InChI=1S/C18H18N4O4S/c1-3-13-9-14-17(27-13)20-15(21(18(14)24)10(2)16(19)23)8-11-4-6-12(7-5-11)22(25)26/h4-7,9-10H,3,8H2,1-2H3,(H2,19,23). The van der Waals surface area contributed by atoms with Crippen molar-refractivity contribution < 1.29 is 9.72 Å². The number of nitrogens with two attached hydrogens (primary N) is 1. The van der Waals surface area contributed by atoms with Crippen molar-refractivity contribution in [2.75, 3.05) is 0 Å². The summed E-state index contributed by atoms with van der Waals surface area (Å²) >= 11 is 1.44. The van der Waals surface area contributed by atoms with Crippen LogP contribution in [0.2, 0.25) is 0 Å². The Balaban J connectivity index is 2.14. The van der Waals surface area contributed by atoms with Gasteiger partial charge >= 0.3 is 0 Å². The molecule has 0 radical (unpaired) electrons. The summed E-state index contributed by atoms with van der Waals surface area (Å²) in [7, 11) is 0. The second-order valence-electron chi connectivity index (χ2n) is 6.17. The molecule has 140 valence electrons. The lowest BCUT2D eigenvalue weighted by Crippen LogP contribution is -2.35. The molecule has 1 unspecified atom stereocenters. The number of thiophene rings is 1. The van der Waals surface area contributed by atoms with E-state index in [1.807, 2.05) is 6.92 Å². The van der Waals surface area contributed by atoms with E-state index in [-0.39, 0.29) is 17.7 Å². The number of carbonyl (C=O) groups excluding carboxylic acids is 1. The predicted molar refractivity (Wildman–Crippen MR) is 103 cm³/mol. The Labute approximate surface area is 158 Å². The first-order chi connectivity index (χ1) is 12.8. The average Bonchev–Trinajstić information content (AvgIpc) is 3.05. The molecule has 0 saturated carbocycles. The quantitative estimate of drug-likeness (QED) is 0.515. The van der Waals surface area contributed by atoms with Crippen molar-refractivity contribution in [1.29, 1.82) is 0 Å². The maximum absolute atomic E-state index is 13.0. The number of amides is 1. The molecule has 0 aliphatic heterocycles. The summed E-state index contributed by atoms with van der Waals surface area (Å²) in [4.78, 5) is 41.3. The van der Waals surface area contributed by atoms with E-state index in [4.69, 9.17) is 5.73 Å². The number of nitro benzene ring substituents is 1. The summed E-state index contributed by atoms with van der Waals surface area (Å²) < 4.78 is 1.32. The number of nitrogens with zero attached hydrogens (tertiary/aromatic N) is 3. The molecule has 8 nitrogen and oxygen atoms in total. The van der Waals surface area contributed by atoms with Crippen molar-refractivity contribution in [2.24, 2.45) is 5.73 Å². The number of non-ortho nitro benzene ring substituents is 1. The van der Waals surface area contributed by atoms with Gasteiger partial charge in [0.1, 0.15) is 16.7 Å². The van der Waals surface area contributed by atoms with Crippen molar-refractivity contribution in [2.45, 2.75) is 32.7 Å². The molecule has 3 aromatic rings. The van der Waals surface area contributed by atoms with Crippen LogP contribution in [-0.2, 0) is 17.6 Å². The van der Waals surface area contributed by atoms with Crippen molar-refractivity contribution >= 4 is 33.1 Å². The lowest BCUT2D eigenvalue weighted by molar-refractivity contribution is -0.384. The molecule has 0 bridgehead atoms. The first-order valence-corrected chi connectivity index (χ1v) is 9.20. The number of aryl methyl sites for hydroxylation is 1. The minimum atomic E-state index is -0.854. The SMILES string of the molecule is CCc1cc2c(=O)n(C(C)C(N)=O)c(Cc3ccc([N+](=O)[O-])cc3)nc2s1. The summed E-state index contributed by atoms with van der Waals surface area (Å²) in [6.07, 6.45) is 1.03. The van der Waals surface area contributed by atoms with E-state index in [0.717, 1.165) is 16.9 Å². The van der Waals surface area contributed by atoms with Crippen LogP contribution < -0.4 is 11.3 Å². The van der Waals surface area contributed by atoms with Crippen LogP contribution in [0.5, 0.6) is 0 Å². The van der Waals surface area contributed by atoms with Crippen molar-refractivity contribution in [3.8, 4) is 0 Å². The fourth-order valence-corrected chi connectivity index (χ4v) is 3.81. The van der Waals surface area contributed by atoms with Crippen LogP contribution in [0.25, 0.3) is 10.2 Å². The minimum Gasteiger partial charge on any atom is -0.368 e. The molecule has 9 heteroatoms. The van der Waals surface area contributed by atoms with E-state index < -0.39 is 16.9 Å². The number of rotatable bonds is 6. The molecule has 0 saturated heterocycles. The molecule has 1 amide bonds. The monoisotopic (exact) mass is 386 g/mol. The molecule has 0 aliphatic rings. The van der Waals surface area contributed by atoms with Gasteiger partial charge in [-0.15, -0.1) is 11.3 Å². The van der Waals surface area contributed by atoms with Gasteiger partial charge in [0.2, 0.25) is 5.91 Å². The van der Waals surface area contributed by atoms with E-state index in [9.17, 15) is 19.7 Å². The number of nitro groups is 1. The number of hydrogen-bond donors (Lipinski definition) is 1. The van der Waals surface area contributed by atoms with Gasteiger partial charge in [-0.1, -0.05) is 19.1 Å². The van der Waals surface area contributed by atoms with E-state index in [2.05, 4.69) is 4.98 Å². The Morgan fingerprint density at radius 1 is 1.37 bits per heavy atom. The zero-order valence-electron chi connectivity index (χ0n) is 14.8. The molecule has 1 atom stereocenters. The Hall–Kier alpha value is -3.07. The Morgan fingerprint density at radius 3 is 2.59 bits per heavy atom. The molecule has 27 heavy (non-hydrogen) atoms. The molecule has 0 fully saturated rings. The molecule has 2 N–H and O–H groups in total. The van der Waals surface area contributed by atoms with E-state index in [0.29, 0.717) is 16.0 Å². The van der Waals surface area contributed by atoms with Gasteiger partial charge in [-0.3, -0.25) is 24.3 Å². The van der Waals surface area contributed by atoms with E-state index in [1.54, 1.807) is 25.1 Å². The van der Waals surface area contributed by atoms with Gasteiger partial charge in [-0.25, -0.2) is 4.98 Å². The fourth-order valence-electron chi connectivity index (χ4n) is 2.83. The number of fused-ring (bicyclic) bond motifs is 1. The molecule has 1 aromatic carbocycles. The van der Waals surface area contributed by atoms with Crippen LogP contribution in [0.1, 0.15) is 36.2 Å². The second-order valence-corrected chi connectivity index (χ2v) is 7.28. The topological polar surface area (TPSA) is 121 Å². The summed E-state index contributed by atoms with van der Waals surface area (Å²) in [5.41, 5.74) is 5.85. The molecule has 2 heterocycles. The zero-order valence-corrected chi connectivity index (χ0v) is 15.7. The normalized spacial score (nSPS) is 12.2. The first kappa shape index (κ1) is 18.7. The van der Waals surface area contributed by atoms with Crippen LogP contribution in [0.4, 0.5) is 5.69 Å². The van der Waals surface area contributed by atoms with Crippen LogP contribution in [0.15, 0.2) is 35.1 Å². The van der Waals surface area contributed by atoms with Crippen molar-refractivity contribution in [3.05, 3.63) is 67.1 Å². The van der Waals surface area contributed by atoms with Crippen molar-refractivity contribution in [3.63, 3.8) is 0 Å². The van der Waals surface area contributed by atoms with E-state index >= 15 is 0 Å². The van der Waals surface area contributed by atoms with Gasteiger partial charge in [0.05, 0.1) is 10.3 Å². The van der Waals surface area contributed by atoms with Crippen LogP contribution in [-0.4, -0.2) is 20.4 Å². The molecule has 3 rings (SSSR count). The van der Waals surface area contributed by atoms with Crippen LogP contribution in [0.3, 0.4) is 0 Å². The maximum atomic E-state index is 13.0. The highest BCUT2D eigenvalue weighted by Gasteiger charge is 2.21. The summed E-state index contributed by atoms with van der Waals surface area (Å²) in [5, 5.41) is 11.3. The Kier molecular flexibility index (Phi) is 5.04. The summed E-state index contributed by atoms with van der Waals surface area (Å²) in [6, 6.07) is 6.96. The van der Waals surface area contributed by atoms with E-state index in [1.165, 1.54) is 28.0 Å². The summed E-state index contributed by atoms with van der Waals surface area (Å²) in [5.74, 6) is -0.230. The fraction of sp³-hybridized carbons (Fsp3) is 0.278. The van der Waals surface area contributed by atoms with Gasteiger partial charge in [-0.2, -0.15) is 0 Å². The highest BCUT2D eigenvalue weighted by atomic mass is 32.1. The van der Waals surface area contributed by atoms with Gasteiger partial charge < -0.3 is 5.73 Å². The van der Waals surface area contributed by atoms with Gasteiger partial charge in [-0.05, 0) is 25.0 Å². The molecular weight excluding hydrogens is 368 g/mol. The van der Waals surface area contributed by atoms with Gasteiger partial charge in [0.25, 0.3) is 11.2 Å². The number of primary amides is 1. The smallest absolute Gasteiger partial charge is 0.269 e. The molecule has 0 spiro atoms. The largest absolute Gasteiger partial charge is 0.368 e. The number of aromatic nitrogens is 2. The second kappa shape index (κ2) is 7.28. The first-order valence-electron chi connectivity index (χ1n) is 8.38. The third-order valence-electron chi connectivity index (χ3n) is 4.38. The molecule has 0 aliphatic carbocycles. The molecule has 2 aromatic heterocycles. The number of benzene rings is 1. The highest BCUT2D eigenvalue weighted by molar-refractivity contribution is 7.18. The lowest BCUT2D eigenvalue weighted by atomic mass is 10.1. The van der Waals surface area contributed by atoms with Crippen molar-refractivity contribution in [1.82, 2.24) is 9.55 Å². The third-order valence-corrected chi connectivity index (χ3v) is 5.55. The summed E-state index contributed by atoms with van der Waals surface area (Å²) in [6.45, 7) is 3.55. The van der Waals surface area contributed by atoms with Gasteiger partial charge in [0.15, 0.2) is 0 Å². The zero-order chi connectivity index (χ0) is 19.7. The van der Waals surface area contributed by atoms with Crippen LogP contribution in [0, 0.1) is 10.1 Å². The third kappa shape index (κ3) is 3.59. The minimum absolute atomic E-state index is 0.0177. The number of carbonyl (C=O) groups is 1. The lowest BCUT2D eigenvalue weighted by Gasteiger charge is -2.16. The highest BCUT2D eigenvalue weighted by Crippen LogP contribution is 2.24. The average molecular weight is 386 g/mol. The van der Waals surface area contributed by atoms with Gasteiger partial charge in [0, 0.05) is 23.4 Å². The predicted octanol–water partition coefficient (Wildman–Crippen LogP) is 2.57. The maximum Gasteiger partial charge on any atom is 0.269 e. The molecular formula is C18H18N4O4S. The van der Waals surface area contributed by atoms with Crippen LogP contribution >= 0.6 is 11.3 Å².